The Morgan fingerprint density at radius 3 is 2.73 bits per heavy atom. The molecule has 0 unspecified atom stereocenters. The average Bonchev–Trinajstić information content (AvgIpc) is 2.64. The lowest BCUT2D eigenvalue weighted by Gasteiger charge is -2.39. The molecule has 0 saturated carbocycles. The van der Waals surface area contributed by atoms with Gasteiger partial charge in [-0.1, -0.05) is 12.1 Å². The van der Waals surface area contributed by atoms with Gasteiger partial charge in [0.2, 0.25) is 0 Å². The molecule has 0 spiro atoms. The van der Waals surface area contributed by atoms with Crippen LogP contribution in [-0.2, 0) is 4.74 Å². The molecule has 1 aromatic heterocycles. The Morgan fingerprint density at radius 2 is 2.09 bits per heavy atom. The van der Waals surface area contributed by atoms with Gasteiger partial charge in [0.25, 0.3) is 0 Å². The molecule has 1 amide bonds. The summed E-state index contributed by atoms with van der Waals surface area (Å²) >= 11 is 5.84. The van der Waals surface area contributed by atoms with E-state index < -0.39 is 5.60 Å². The number of ether oxygens (including phenoxy) is 1. The molecule has 1 saturated heterocycles. The third kappa shape index (κ3) is 2.97. The van der Waals surface area contributed by atoms with Crippen LogP contribution in [0, 0.1) is 3.70 Å². The first kappa shape index (κ1) is 16.0. The van der Waals surface area contributed by atoms with Crippen molar-refractivity contribution >= 4 is 55.5 Å². The number of amides is 1. The molecule has 0 radical (unpaired) electrons. The van der Waals surface area contributed by atoms with Gasteiger partial charge >= 0.3 is 6.09 Å². The van der Waals surface area contributed by atoms with Gasteiger partial charge in [-0.05, 0) is 65.4 Å². The van der Waals surface area contributed by atoms with E-state index in [4.69, 9.17) is 4.74 Å². The lowest BCUT2D eigenvalue weighted by Crippen LogP contribution is -2.52. The summed E-state index contributed by atoms with van der Waals surface area (Å²) in [7, 11) is 0. The van der Waals surface area contributed by atoms with Gasteiger partial charge < -0.3 is 9.64 Å². The molecule has 1 aliphatic heterocycles. The quantitative estimate of drug-likeness (QED) is 0.578. The molecule has 0 bridgehead atoms. The number of likely N-dealkylation sites (tertiary alicyclic amines) is 1. The Kier molecular flexibility index (Phi) is 4.13. The molecule has 0 atom stereocenters. The van der Waals surface area contributed by atoms with E-state index in [1.807, 2.05) is 37.6 Å². The fourth-order valence-electron chi connectivity index (χ4n) is 2.46. The molecule has 0 aliphatic carbocycles. The number of para-hydroxylation sites is 1. The zero-order valence-electron chi connectivity index (χ0n) is 12.6. The molecule has 1 fully saturated rings. The maximum Gasteiger partial charge on any atom is 0.410 e. The number of hydrogen-bond acceptors (Lipinski definition) is 3. The molecule has 0 N–H and O–H groups in total. The van der Waals surface area contributed by atoms with Crippen LogP contribution in [0.1, 0.15) is 26.8 Å². The Morgan fingerprint density at radius 1 is 1.41 bits per heavy atom. The molecule has 5 nitrogen and oxygen atoms in total. The Hall–Kier alpha value is -0.830. The monoisotopic (exact) mass is 477 g/mol. The molecule has 22 heavy (non-hydrogen) atoms. The van der Waals surface area contributed by atoms with Crippen LogP contribution >= 0.6 is 38.5 Å². The number of fused-ring (bicyclic) bond motifs is 1. The molecule has 2 heterocycles. The predicted octanol–water partition coefficient (Wildman–Crippen LogP) is 4.20. The summed E-state index contributed by atoms with van der Waals surface area (Å²) in [6.07, 6.45) is -0.256. The third-order valence-electron chi connectivity index (χ3n) is 3.49. The van der Waals surface area contributed by atoms with Crippen molar-refractivity contribution in [2.24, 2.45) is 0 Å². The minimum Gasteiger partial charge on any atom is -0.444 e. The van der Waals surface area contributed by atoms with Crippen LogP contribution in [-0.4, -0.2) is 39.5 Å². The van der Waals surface area contributed by atoms with Gasteiger partial charge in [0.05, 0.1) is 11.6 Å². The second-order valence-corrected chi connectivity index (χ2v) is 8.29. The van der Waals surface area contributed by atoms with Crippen LogP contribution in [0.15, 0.2) is 22.7 Å². The maximum atomic E-state index is 12.0. The van der Waals surface area contributed by atoms with Crippen LogP contribution in [0.4, 0.5) is 4.79 Å². The highest BCUT2D eigenvalue weighted by atomic mass is 127. The second-order valence-electron chi connectivity index (χ2n) is 6.41. The van der Waals surface area contributed by atoms with Crippen molar-refractivity contribution in [1.29, 1.82) is 0 Å². The summed E-state index contributed by atoms with van der Waals surface area (Å²) < 4.78 is 9.41. The number of hydrogen-bond donors (Lipinski definition) is 0. The minimum absolute atomic E-state index is 0.192. The predicted molar refractivity (Wildman–Crippen MR) is 97.0 cm³/mol. The molecule has 2 aromatic rings. The highest BCUT2D eigenvalue weighted by Crippen LogP contribution is 2.32. The van der Waals surface area contributed by atoms with E-state index in [-0.39, 0.29) is 12.1 Å². The SMILES string of the molecule is CC(C)(C)OC(=O)N1CC(n2nc(I)c3cccc(Br)c32)C1. The zero-order chi connectivity index (χ0) is 16.1. The fourth-order valence-corrected chi connectivity index (χ4v) is 3.68. The van der Waals surface area contributed by atoms with E-state index in [1.165, 1.54) is 0 Å². The largest absolute Gasteiger partial charge is 0.444 e. The van der Waals surface area contributed by atoms with E-state index in [0.717, 1.165) is 19.1 Å². The van der Waals surface area contributed by atoms with Crippen LogP contribution in [0.25, 0.3) is 10.9 Å². The first-order valence-electron chi connectivity index (χ1n) is 7.06. The number of benzene rings is 1. The number of carbonyl (C=O) groups excluding carboxylic acids is 1. The van der Waals surface area contributed by atoms with E-state index in [9.17, 15) is 4.79 Å². The Labute approximate surface area is 151 Å². The van der Waals surface area contributed by atoms with E-state index in [2.05, 4.69) is 49.7 Å². The van der Waals surface area contributed by atoms with Crippen molar-refractivity contribution in [3.8, 4) is 0 Å². The number of nitrogens with zero attached hydrogens (tertiary/aromatic N) is 3. The highest BCUT2D eigenvalue weighted by Gasteiger charge is 2.36. The van der Waals surface area contributed by atoms with Crippen molar-refractivity contribution in [2.75, 3.05) is 13.1 Å². The molecular formula is C15H17BrIN3O2. The van der Waals surface area contributed by atoms with Gasteiger partial charge in [-0.25, -0.2) is 4.79 Å². The summed E-state index contributed by atoms with van der Waals surface area (Å²) in [5, 5.41) is 5.77. The number of aromatic nitrogens is 2. The van der Waals surface area contributed by atoms with Crippen LogP contribution in [0.3, 0.4) is 0 Å². The molecule has 1 aliphatic rings. The summed E-state index contributed by atoms with van der Waals surface area (Å²) in [5.74, 6) is 0. The summed E-state index contributed by atoms with van der Waals surface area (Å²) in [6, 6.07) is 6.28. The smallest absolute Gasteiger partial charge is 0.410 e. The number of halogens is 2. The Bertz CT molecular complexity index is 732. The summed E-state index contributed by atoms with van der Waals surface area (Å²) in [4.78, 5) is 13.7. The van der Waals surface area contributed by atoms with Gasteiger partial charge in [-0.2, -0.15) is 5.10 Å². The van der Waals surface area contributed by atoms with Gasteiger partial charge in [-0.15, -0.1) is 0 Å². The van der Waals surface area contributed by atoms with Crippen molar-refractivity contribution in [2.45, 2.75) is 32.4 Å². The van der Waals surface area contributed by atoms with E-state index in [1.54, 1.807) is 4.90 Å². The van der Waals surface area contributed by atoms with Crippen molar-refractivity contribution in [1.82, 2.24) is 14.7 Å². The highest BCUT2D eigenvalue weighted by molar-refractivity contribution is 14.1. The first-order valence-corrected chi connectivity index (χ1v) is 8.93. The molecule has 1 aromatic carbocycles. The van der Waals surface area contributed by atoms with Crippen molar-refractivity contribution < 1.29 is 9.53 Å². The number of carbonyl (C=O) groups is 1. The van der Waals surface area contributed by atoms with Gasteiger partial charge in [-0.3, -0.25) is 4.68 Å². The van der Waals surface area contributed by atoms with Crippen LogP contribution in [0.5, 0.6) is 0 Å². The molecule has 7 heteroatoms. The molecular weight excluding hydrogens is 461 g/mol. The van der Waals surface area contributed by atoms with E-state index >= 15 is 0 Å². The summed E-state index contributed by atoms with van der Waals surface area (Å²) in [5.41, 5.74) is 0.625. The molecule has 118 valence electrons. The normalized spacial score (nSPS) is 16.0. The Balaban J connectivity index is 1.78. The maximum absolute atomic E-state index is 12.0. The van der Waals surface area contributed by atoms with Crippen LogP contribution < -0.4 is 0 Å². The van der Waals surface area contributed by atoms with Crippen molar-refractivity contribution in [3.63, 3.8) is 0 Å². The van der Waals surface area contributed by atoms with Gasteiger partial charge in [0.1, 0.15) is 9.30 Å². The first-order chi connectivity index (χ1) is 10.3. The summed E-state index contributed by atoms with van der Waals surface area (Å²) in [6.45, 7) is 6.89. The minimum atomic E-state index is -0.459. The average molecular weight is 478 g/mol. The zero-order valence-corrected chi connectivity index (χ0v) is 16.4. The lowest BCUT2D eigenvalue weighted by molar-refractivity contribution is 0.000109. The fraction of sp³-hybridized carbons (Fsp3) is 0.467. The number of rotatable bonds is 1. The van der Waals surface area contributed by atoms with Crippen molar-refractivity contribution in [3.05, 3.63) is 26.4 Å². The van der Waals surface area contributed by atoms with Gasteiger partial charge in [0.15, 0.2) is 0 Å². The lowest BCUT2D eigenvalue weighted by atomic mass is 10.1. The third-order valence-corrected chi connectivity index (χ3v) is 4.93. The standard InChI is InChI=1S/C15H17BrIN3O2/c1-15(2,3)22-14(21)19-7-9(8-19)20-12-10(13(17)18-20)5-4-6-11(12)16/h4-6,9H,7-8H2,1-3H3. The van der Waals surface area contributed by atoms with Crippen LogP contribution in [0.2, 0.25) is 0 Å². The topological polar surface area (TPSA) is 47.4 Å². The van der Waals surface area contributed by atoms with Gasteiger partial charge in [0, 0.05) is 22.9 Å². The molecule has 3 rings (SSSR count). The second kappa shape index (κ2) is 5.67. The van der Waals surface area contributed by atoms with E-state index in [0.29, 0.717) is 13.1 Å².